The molecule has 0 aromatic carbocycles. The van der Waals surface area contributed by atoms with E-state index in [-0.39, 0.29) is 22.5 Å². The SMILES string of the molecule is C[Si](C)(C)OCC1(CO[Si](C)(C)C)CC2=CC(=O)C3C(c4cccs4)=CC(c4cccs4)=CC23C1. The molecule has 2 unspecified atom stereocenters. The summed E-state index contributed by atoms with van der Waals surface area (Å²) in [6.07, 6.45) is 8.46. The van der Waals surface area contributed by atoms with E-state index in [1.807, 2.05) is 6.08 Å². The molecule has 2 aromatic heterocycles. The van der Waals surface area contributed by atoms with Crippen molar-refractivity contribution in [3.63, 3.8) is 0 Å². The third-order valence-corrected chi connectivity index (χ3v) is 11.1. The summed E-state index contributed by atoms with van der Waals surface area (Å²) in [4.78, 5) is 16.0. The van der Waals surface area contributed by atoms with E-state index in [0.717, 1.165) is 12.8 Å². The first-order valence-electron chi connectivity index (χ1n) is 12.4. The van der Waals surface area contributed by atoms with Gasteiger partial charge in [-0.2, -0.15) is 0 Å². The molecule has 3 aliphatic rings. The normalized spacial score (nSPS) is 25.7. The smallest absolute Gasteiger partial charge is 0.183 e. The minimum Gasteiger partial charge on any atom is -0.417 e. The largest absolute Gasteiger partial charge is 0.417 e. The standard InChI is InChI=1S/C28H36O3S2Si2/c1-34(2,3)30-18-27(19-31-35(4,5)6)16-21-14-23(29)26-22(25-10-8-12-33-25)13-20(15-28(21,26)17-27)24-9-7-11-32-24/h7-15,26H,16-19H2,1-6H3. The fraction of sp³-hybridized carbons (Fsp3) is 0.464. The summed E-state index contributed by atoms with van der Waals surface area (Å²) in [6, 6.07) is 8.56. The number of rotatable bonds is 8. The average Bonchev–Trinajstić information content (AvgIpc) is 3.53. The average molecular weight is 541 g/mol. The molecule has 0 saturated heterocycles. The van der Waals surface area contributed by atoms with Gasteiger partial charge in [-0.3, -0.25) is 4.79 Å². The number of carbonyl (C=O) groups excluding carboxylic acids is 1. The van der Waals surface area contributed by atoms with Gasteiger partial charge in [0.1, 0.15) is 0 Å². The van der Waals surface area contributed by atoms with Crippen LogP contribution in [0.5, 0.6) is 0 Å². The van der Waals surface area contributed by atoms with Crippen molar-refractivity contribution in [2.24, 2.45) is 16.7 Å². The van der Waals surface area contributed by atoms with E-state index in [1.165, 1.54) is 26.5 Å². The monoisotopic (exact) mass is 540 g/mol. The van der Waals surface area contributed by atoms with Crippen LogP contribution in [0.2, 0.25) is 39.3 Å². The molecule has 2 aromatic rings. The highest BCUT2D eigenvalue weighted by molar-refractivity contribution is 7.11. The predicted molar refractivity (Wildman–Crippen MR) is 154 cm³/mol. The minimum absolute atomic E-state index is 0.111. The van der Waals surface area contributed by atoms with Crippen molar-refractivity contribution in [1.29, 1.82) is 0 Å². The van der Waals surface area contributed by atoms with Crippen molar-refractivity contribution in [1.82, 2.24) is 0 Å². The second-order valence-corrected chi connectivity index (χ2v) is 23.3. The van der Waals surface area contributed by atoms with Gasteiger partial charge < -0.3 is 8.85 Å². The lowest BCUT2D eigenvalue weighted by Gasteiger charge is -2.40. The van der Waals surface area contributed by atoms with Crippen molar-refractivity contribution < 1.29 is 13.6 Å². The van der Waals surface area contributed by atoms with E-state index in [1.54, 1.807) is 22.7 Å². The van der Waals surface area contributed by atoms with Crippen molar-refractivity contribution in [2.75, 3.05) is 13.2 Å². The number of hydrogen-bond donors (Lipinski definition) is 0. The maximum absolute atomic E-state index is 13.6. The first-order chi connectivity index (χ1) is 16.4. The highest BCUT2D eigenvalue weighted by Gasteiger charge is 2.61. The molecule has 186 valence electrons. The Labute approximate surface area is 219 Å². The van der Waals surface area contributed by atoms with Gasteiger partial charge in [0, 0.05) is 33.8 Å². The Morgan fingerprint density at radius 2 is 1.51 bits per heavy atom. The fourth-order valence-electron chi connectivity index (χ4n) is 5.80. The molecule has 0 aliphatic heterocycles. The summed E-state index contributed by atoms with van der Waals surface area (Å²) in [6.45, 7) is 14.9. The van der Waals surface area contributed by atoms with E-state index in [4.69, 9.17) is 8.85 Å². The molecule has 1 fully saturated rings. The summed E-state index contributed by atoms with van der Waals surface area (Å²) in [5.41, 5.74) is 3.29. The maximum atomic E-state index is 13.6. The fourth-order valence-corrected chi connectivity index (χ4v) is 8.77. The highest BCUT2D eigenvalue weighted by atomic mass is 32.1. The molecule has 0 bridgehead atoms. The predicted octanol–water partition coefficient (Wildman–Crippen LogP) is 7.89. The Bertz CT molecular complexity index is 1180. The van der Waals surface area contributed by atoms with E-state index in [9.17, 15) is 4.79 Å². The van der Waals surface area contributed by atoms with Crippen LogP contribution in [0.1, 0.15) is 22.6 Å². The Morgan fingerprint density at radius 3 is 2.06 bits per heavy atom. The summed E-state index contributed by atoms with van der Waals surface area (Å²) in [7, 11) is -3.42. The lowest BCUT2D eigenvalue weighted by molar-refractivity contribution is -0.117. The summed E-state index contributed by atoms with van der Waals surface area (Å²) in [5.74, 6) is 0.104. The lowest BCUT2D eigenvalue weighted by atomic mass is 9.65. The summed E-state index contributed by atoms with van der Waals surface area (Å²) >= 11 is 3.50. The molecule has 3 nitrogen and oxygen atoms in total. The number of ketones is 1. The van der Waals surface area contributed by atoms with Crippen LogP contribution in [-0.2, 0) is 13.6 Å². The van der Waals surface area contributed by atoms with Crippen molar-refractivity contribution >= 4 is 56.2 Å². The van der Waals surface area contributed by atoms with Gasteiger partial charge in [-0.15, -0.1) is 22.7 Å². The van der Waals surface area contributed by atoms with E-state index < -0.39 is 16.6 Å². The molecule has 7 heteroatoms. The molecule has 3 aliphatic carbocycles. The Balaban J connectivity index is 1.61. The number of allylic oxidation sites excluding steroid dienone is 6. The van der Waals surface area contributed by atoms with Gasteiger partial charge >= 0.3 is 0 Å². The molecule has 35 heavy (non-hydrogen) atoms. The molecule has 2 atom stereocenters. The first kappa shape index (κ1) is 25.3. The molecular weight excluding hydrogens is 505 g/mol. The first-order valence-corrected chi connectivity index (χ1v) is 21.0. The van der Waals surface area contributed by atoms with Gasteiger partial charge in [-0.1, -0.05) is 23.8 Å². The van der Waals surface area contributed by atoms with Gasteiger partial charge in [0.15, 0.2) is 22.4 Å². The second kappa shape index (κ2) is 8.89. The van der Waals surface area contributed by atoms with Gasteiger partial charge in [-0.25, -0.2) is 0 Å². The molecule has 5 rings (SSSR count). The second-order valence-electron chi connectivity index (χ2n) is 12.4. The van der Waals surface area contributed by atoms with E-state index in [0.29, 0.717) is 13.2 Å². The van der Waals surface area contributed by atoms with Crippen molar-refractivity contribution in [2.45, 2.75) is 52.1 Å². The van der Waals surface area contributed by atoms with Crippen LogP contribution in [0, 0.1) is 16.7 Å². The molecular formula is C28H36O3S2Si2. The number of carbonyl (C=O) groups is 1. The third-order valence-electron chi connectivity index (χ3n) is 7.22. The quantitative estimate of drug-likeness (QED) is 0.319. The molecule has 2 heterocycles. The van der Waals surface area contributed by atoms with Gasteiger partial charge in [-0.05, 0) is 98.3 Å². The van der Waals surface area contributed by atoms with E-state index in [2.05, 4.69) is 86.5 Å². The zero-order chi connectivity index (χ0) is 25.1. The van der Waals surface area contributed by atoms with Crippen LogP contribution in [0.3, 0.4) is 0 Å². The van der Waals surface area contributed by atoms with Crippen molar-refractivity contribution in [3.8, 4) is 0 Å². The van der Waals surface area contributed by atoms with Crippen LogP contribution < -0.4 is 0 Å². The lowest BCUT2D eigenvalue weighted by Crippen LogP contribution is -2.41. The number of hydrogen-bond acceptors (Lipinski definition) is 5. The molecule has 0 N–H and O–H groups in total. The number of thiophene rings is 2. The highest BCUT2D eigenvalue weighted by Crippen LogP contribution is 2.66. The van der Waals surface area contributed by atoms with Gasteiger partial charge in [0.2, 0.25) is 0 Å². The third kappa shape index (κ3) is 4.96. The van der Waals surface area contributed by atoms with Gasteiger partial charge in [0.25, 0.3) is 0 Å². The maximum Gasteiger partial charge on any atom is 0.183 e. The molecule has 1 spiro atoms. The van der Waals surface area contributed by atoms with Crippen LogP contribution in [0.4, 0.5) is 0 Å². The van der Waals surface area contributed by atoms with Crippen molar-refractivity contribution in [3.05, 3.63) is 68.6 Å². The molecule has 1 saturated carbocycles. The summed E-state index contributed by atoms with van der Waals surface area (Å²) in [5, 5.41) is 4.25. The molecule has 0 radical (unpaired) electrons. The zero-order valence-electron chi connectivity index (χ0n) is 21.6. The van der Waals surface area contributed by atoms with Crippen LogP contribution in [0.15, 0.2) is 58.8 Å². The molecule has 0 amide bonds. The van der Waals surface area contributed by atoms with Crippen LogP contribution >= 0.6 is 22.7 Å². The van der Waals surface area contributed by atoms with Crippen LogP contribution in [-0.4, -0.2) is 35.6 Å². The Hall–Kier alpha value is -1.36. The minimum atomic E-state index is -1.71. The van der Waals surface area contributed by atoms with Gasteiger partial charge in [0.05, 0.1) is 5.92 Å². The van der Waals surface area contributed by atoms with E-state index >= 15 is 0 Å². The van der Waals surface area contributed by atoms with Crippen LogP contribution in [0.25, 0.3) is 11.1 Å². The summed E-state index contributed by atoms with van der Waals surface area (Å²) < 4.78 is 13.2. The Morgan fingerprint density at radius 1 is 0.914 bits per heavy atom. The topological polar surface area (TPSA) is 35.5 Å². The zero-order valence-corrected chi connectivity index (χ0v) is 25.3. The Kier molecular flexibility index (Phi) is 6.42.